The van der Waals surface area contributed by atoms with Crippen LogP contribution in [0.5, 0.6) is 0 Å². The molecule has 1 aliphatic rings. The van der Waals surface area contributed by atoms with Crippen molar-refractivity contribution in [3.8, 4) is 0 Å². The highest BCUT2D eigenvalue weighted by Gasteiger charge is 2.33. The number of nitrogens with zero attached hydrogens (tertiary/aromatic N) is 1. The van der Waals surface area contributed by atoms with Gasteiger partial charge in [-0.2, -0.15) is 0 Å². The summed E-state index contributed by atoms with van der Waals surface area (Å²) < 4.78 is 17.3. The number of benzene rings is 1. The molecule has 0 spiro atoms. The molecular weight excluding hydrogens is 344 g/mol. The van der Waals surface area contributed by atoms with E-state index in [2.05, 4.69) is 0 Å². The van der Waals surface area contributed by atoms with E-state index in [0.29, 0.717) is 37.9 Å². The molecule has 1 saturated heterocycles. The maximum absolute atomic E-state index is 12.4. The summed E-state index contributed by atoms with van der Waals surface area (Å²) in [7, 11) is 0. The Hall–Kier alpha value is -1.34. The van der Waals surface area contributed by atoms with Crippen molar-refractivity contribution in [1.82, 2.24) is 4.90 Å². The van der Waals surface area contributed by atoms with Crippen molar-refractivity contribution in [1.29, 1.82) is 0 Å². The van der Waals surface area contributed by atoms with Crippen LogP contribution in [0.25, 0.3) is 0 Å². The molecule has 0 bridgehead atoms. The fourth-order valence-electron chi connectivity index (χ4n) is 2.65. The van der Waals surface area contributed by atoms with Gasteiger partial charge in [0.1, 0.15) is 17.8 Å². The Bertz CT molecular complexity index is 576. The minimum atomic E-state index is -0.534. The van der Waals surface area contributed by atoms with Gasteiger partial charge in [0.2, 0.25) is 0 Å². The number of hydrogen-bond donors (Lipinski definition) is 1. The largest absolute Gasteiger partial charge is 0.444 e. The summed E-state index contributed by atoms with van der Waals surface area (Å²) in [6.45, 7) is 7.64. The molecule has 1 heterocycles. The molecule has 1 fully saturated rings. The number of amides is 1. The molecule has 1 amide bonds. The lowest BCUT2D eigenvalue weighted by atomic mass is 10.0. The van der Waals surface area contributed by atoms with Gasteiger partial charge >= 0.3 is 6.09 Å². The summed E-state index contributed by atoms with van der Waals surface area (Å²) in [4.78, 5) is 14.0. The van der Waals surface area contributed by atoms with Crippen LogP contribution in [0.3, 0.4) is 0 Å². The van der Waals surface area contributed by atoms with Gasteiger partial charge in [0.15, 0.2) is 0 Å². The fourth-order valence-corrected chi connectivity index (χ4v) is 2.85. The van der Waals surface area contributed by atoms with Crippen LogP contribution in [0.2, 0.25) is 5.02 Å². The smallest absolute Gasteiger partial charge is 0.410 e. The summed E-state index contributed by atoms with van der Waals surface area (Å²) in [5, 5.41) is 0.624. The molecule has 7 heteroatoms. The molecular formula is C18H27ClN2O4. The van der Waals surface area contributed by atoms with Crippen LogP contribution in [0.15, 0.2) is 24.3 Å². The van der Waals surface area contributed by atoms with Gasteiger partial charge in [0, 0.05) is 18.1 Å². The Morgan fingerprint density at radius 1 is 1.48 bits per heavy atom. The summed E-state index contributed by atoms with van der Waals surface area (Å²) in [6.07, 6.45) is -1.01. The number of ether oxygens (including phenoxy) is 3. The van der Waals surface area contributed by atoms with Gasteiger partial charge in [0.05, 0.1) is 19.8 Å². The zero-order valence-electron chi connectivity index (χ0n) is 15.0. The highest BCUT2D eigenvalue weighted by Crippen LogP contribution is 2.28. The first-order valence-corrected chi connectivity index (χ1v) is 8.84. The molecule has 2 atom stereocenters. The third-order valence-electron chi connectivity index (χ3n) is 3.68. The maximum atomic E-state index is 12.4. The highest BCUT2D eigenvalue weighted by molar-refractivity contribution is 6.30. The minimum Gasteiger partial charge on any atom is -0.444 e. The van der Waals surface area contributed by atoms with Crippen LogP contribution < -0.4 is 5.73 Å². The second-order valence-electron chi connectivity index (χ2n) is 6.97. The van der Waals surface area contributed by atoms with E-state index in [1.54, 1.807) is 11.0 Å². The quantitative estimate of drug-likeness (QED) is 0.862. The molecule has 25 heavy (non-hydrogen) atoms. The summed E-state index contributed by atoms with van der Waals surface area (Å²) in [5.74, 6) is 0. The molecule has 0 radical (unpaired) electrons. The number of nitrogens with two attached hydrogens (primary N) is 1. The predicted molar refractivity (Wildman–Crippen MR) is 96.7 cm³/mol. The van der Waals surface area contributed by atoms with E-state index >= 15 is 0 Å². The van der Waals surface area contributed by atoms with Gasteiger partial charge in [0.25, 0.3) is 0 Å². The summed E-state index contributed by atoms with van der Waals surface area (Å²) >= 11 is 6.11. The number of morpholine rings is 1. The molecule has 6 nitrogen and oxygen atoms in total. The highest BCUT2D eigenvalue weighted by atomic mass is 35.5. The minimum absolute atomic E-state index is 0.314. The number of hydrogen-bond acceptors (Lipinski definition) is 5. The zero-order chi connectivity index (χ0) is 18.4. The summed E-state index contributed by atoms with van der Waals surface area (Å²) in [6, 6.07) is 7.45. The van der Waals surface area contributed by atoms with E-state index in [0.717, 1.165) is 5.56 Å². The van der Waals surface area contributed by atoms with Gasteiger partial charge in [-0.1, -0.05) is 23.7 Å². The molecule has 2 unspecified atom stereocenters. The van der Waals surface area contributed by atoms with Crippen LogP contribution in [-0.2, 0) is 14.2 Å². The monoisotopic (exact) mass is 370 g/mol. The SMILES string of the molecule is CC(C)(C)OC(=O)N1CCOC(C(OCCN)c2cccc(Cl)c2)C1. The molecule has 0 saturated carbocycles. The normalized spacial score (nSPS) is 19.6. The van der Waals surface area contributed by atoms with Gasteiger partial charge in [-0.15, -0.1) is 0 Å². The van der Waals surface area contributed by atoms with E-state index in [4.69, 9.17) is 31.5 Å². The Balaban J connectivity index is 2.12. The van der Waals surface area contributed by atoms with E-state index in [-0.39, 0.29) is 18.3 Å². The van der Waals surface area contributed by atoms with Crippen molar-refractivity contribution in [2.24, 2.45) is 5.73 Å². The average molecular weight is 371 g/mol. The first-order valence-electron chi connectivity index (χ1n) is 8.47. The Morgan fingerprint density at radius 3 is 2.88 bits per heavy atom. The van der Waals surface area contributed by atoms with E-state index in [1.807, 2.05) is 39.0 Å². The van der Waals surface area contributed by atoms with Crippen molar-refractivity contribution < 1.29 is 19.0 Å². The van der Waals surface area contributed by atoms with Crippen molar-refractivity contribution >= 4 is 17.7 Å². The standard InChI is InChI=1S/C18H27ClN2O4/c1-18(2,3)25-17(22)21-8-10-23-15(12-21)16(24-9-7-20)13-5-4-6-14(19)11-13/h4-6,11,15-16H,7-10,12,20H2,1-3H3. The molecule has 1 aliphatic heterocycles. The molecule has 1 aromatic rings. The third-order valence-corrected chi connectivity index (χ3v) is 3.91. The van der Waals surface area contributed by atoms with E-state index < -0.39 is 5.60 Å². The van der Waals surface area contributed by atoms with Crippen LogP contribution in [0.4, 0.5) is 4.79 Å². The average Bonchev–Trinajstić information content (AvgIpc) is 2.54. The second kappa shape index (κ2) is 8.85. The number of carbonyl (C=O) groups is 1. The number of rotatable bonds is 5. The first-order chi connectivity index (χ1) is 11.8. The van der Waals surface area contributed by atoms with Crippen molar-refractivity contribution in [3.63, 3.8) is 0 Å². The van der Waals surface area contributed by atoms with Crippen LogP contribution in [-0.4, -0.2) is 55.5 Å². The Morgan fingerprint density at radius 2 is 2.24 bits per heavy atom. The zero-order valence-corrected chi connectivity index (χ0v) is 15.8. The number of carbonyl (C=O) groups excluding carboxylic acids is 1. The maximum Gasteiger partial charge on any atom is 0.410 e. The van der Waals surface area contributed by atoms with Gasteiger partial charge in [-0.05, 0) is 38.5 Å². The Kier molecular flexibility index (Phi) is 7.07. The lowest BCUT2D eigenvalue weighted by Gasteiger charge is -2.37. The van der Waals surface area contributed by atoms with Crippen LogP contribution in [0.1, 0.15) is 32.4 Å². The molecule has 2 rings (SSSR count). The van der Waals surface area contributed by atoms with Crippen LogP contribution >= 0.6 is 11.6 Å². The van der Waals surface area contributed by atoms with Crippen molar-refractivity contribution in [3.05, 3.63) is 34.9 Å². The van der Waals surface area contributed by atoms with Gasteiger partial charge in [-0.25, -0.2) is 4.79 Å². The van der Waals surface area contributed by atoms with E-state index in [9.17, 15) is 4.79 Å². The topological polar surface area (TPSA) is 74.0 Å². The molecule has 1 aromatic carbocycles. The van der Waals surface area contributed by atoms with Crippen LogP contribution in [0, 0.1) is 0 Å². The Labute approximate surface area is 154 Å². The summed E-state index contributed by atoms with van der Waals surface area (Å²) in [5.41, 5.74) is 5.95. The molecule has 0 aliphatic carbocycles. The first kappa shape index (κ1) is 20.0. The molecule has 0 aromatic heterocycles. The molecule has 2 N–H and O–H groups in total. The second-order valence-corrected chi connectivity index (χ2v) is 7.41. The third kappa shape index (κ3) is 6.15. The lowest BCUT2D eigenvalue weighted by molar-refractivity contribution is -0.112. The van der Waals surface area contributed by atoms with Gasteiger partial charge in [-0.3, -0.25) is 0 Å². The lowest BCUT2D eigenvalue weighted by Crippen LogP contribution is -2.49. The fraction of sp³-hybridized carbons (Fsp3) is 0.611. The van der Waals surface area contributed by atoms with Gasteiger partial charge < -0.3 is 24.8 Å². The number of halogens is 1. The predicted octanol–water partition coefficient (Wildman–Crippen LogP) is 2.99. The van der Waals surface area contributed by atoms with E-state index in [1.165, 1.54) is 0 Å². The molecule has 140 valence electrons. The van der Waals surface area contributed by atoms with Crippen molar-refractivity contribution in [2.75, 3.05) is 32.8 Å². The van der Waals surface area contributed by atoms with Crippen molar-refractivity contribution in [2.45, 2.75) is 38.6 Å².